The first-order valence-corrected chi connectivity index (χ1v) is 5.50. The fraction of sp³-hybridized carbons (Fsp3) is 0.455. The van der Waals surface area contributed by atoms with E-state index in [1.807, 2.05) is 13.0 Å². The van der Waals surface area contributed by atoms with Crippen molar-refractivity contribution in [2.45, 2.75) is 13.0 Å². The van der Waals surface area contributed by atoms with Gasteiger partial charge in [0, 0.05) is 30.2 Å². The van der Waals surface area contributed by atoms with Crippen LogP contribution >= 0.6 is 11.6 Å². The highest BCUT2D eigenvalue weighted by Crippen LogP contribution is 2.30. The Kier molecular flexibility index (Phi) is 4.86. The van der Waals surface area contributed by atoms with Crippen molar-refractivity contribution < 1.29 is 4.74 Å². The molecular weight excluding hydrogens is 226 g/mol. The molecule has 0 heterocycles. The molecule has 1 rings (SSSR count). The van der Waals surface area contributed by atoms with Crippen LogP contribution in [-0.4, -0.2) is 26.2 Å². The third kappa shape index (κ3) is 3.27. The van der Waals surface area contributed by atoms with Crippen LogP contribution < -0.4 is 21.5 Å². The maximum absolute atomic E-state index is 6.00. The monoisotopic (exact) mass is 243 g/mol. The van der Waals surface area contributed by atoms with Crippen molar-refractivity contribution in [1.29, 1.82) is 0 Å². The van der Waals surface area contributed by atoms with Crippen molar-refractivity contribution in [3.63, 3.8) is 0 Å². The molecule has 0 saturated carbocycles. The lowest BCUT2D eigenvalue weighted by Crippen LogP contribution is -2.36. The summed E-state index contributed by atoms with van der Waals surface area (Å²) in [6, 6.07) is 3.65. The lowest BCUT2D eigenvalue weighted by molar-refractivity contribution is 0.416. The zero-order valence-corrected chi connectivity index (χ0v) is 10.3. The number of rotatable bonds is 5. The van der Waals surface area contributed by atoms with E-state index >= 15 is 0 Å². The molecule has 1 aromatic carbocycles. The van der Waals surface area contributed by atoms with Crippen molar-refractivity contribution in [3.8, 4) is 5.75 Å². The summed E-state index contributed by atoms with van der Waals surface area (Å²) in [5.41, 5.74) is 13.0. The van der Waals surface area contributed by atoms with E-state index in [-0.39, 0.29) is 6.04 Å². The highest BCUT2D eigenvalue weighted by Gasteiger charge is 2.07. The number of hydrogen-bond donors (Lipinski definition) is 3. The average Bonchev–Trinajstić information content (AvgIpc) is 2.29. The molecule has 0 amide bonds. The van der Waals surface area contributed by atoms with Gasteiger partial charge < -0.3 is 21.5 Å². The summed E-state index contributed by atoms with van der Waals surface area (Å²) in [5, 5.41) is 3.88. The van der Waals surface area contributed by atoms with Crippen LogP contribution in [0.3, 0.4) is 0 Å². The molecule has 1 aromatic rings. The zero-order chi connectivity index (χ0) is 12.1. The third-order valence-corrected chi connectivity index (χ3v) is 2.75. The summed E-state index contributed by atoms with van der Waals surface area (Å²) in [6.45, 7) is 2.99. The van der Waals surface area contributed by atoms with E-state index in [1.54, 1.807) is 13.2 Å². The van der Waals surface area contributed by atoms with E-state index in [9.17, 15) is 0 Å². The predicted octanol–water partition coefficient (Wildman–Crippen LogP) is 1.35. The Hall–Kier alpha value is -0.970. The van der Waals surface area contributed by atoms with Crippen molar-refractivity contribution in [1.82, 2.24) is 0 Å². The highest BCUT2D eigenvalue weighted by atomic mass is 35.5. The Morgan fingerprint density at radius 3 is 2.75 bits per heavy atom. The standard InChI is InChI=1S/C11H18ClN3O/c1-7-3-10(15-6-8(14)5-13)11(16-2)4-9(7)12/h3-4,8,15H,5-6,13-14H2,1-2H3. The third-order valence-electron chi connectivity index (χ3n) is 2.34. The molecule has 0 saturated heterocycles. The number of halogens is 1. The Morgan fingerprint density at radius 2 is 2.19 bits per heavy atom. The summed E-state index contributed by atoms with van der Waals surface area (Å²) in [7, 11) is 1.61. The number of nitrogens with two attached hydrogens (primary N) is 2. The number of ether oxygens (including phenoxy) is 1. The molecule has 5 heteroatoms. The maximum Gasteiger partial charge on any atom is 0.143 e. The summed E-state index contributed by atoms with van der Waals surface area (Å²) < 4.78 is 5.23. The molecule has 0 bridgehead atoms. The molecule has 5 N–H and O–H groups in total. The summed E-state index contributed by atoms with van der Waals surface area (Å²) in [6.07, 6.45) is 0. The van der Waals surface area contributed by atoms with Gasteiger partial charge in [0.2, 0.25) is 0 Å². The molecule has 16 heavy (non-hydrogen) atoms. The van der Waals surface area contributed by atoms with Crippen LogP contribution in [0.15, 0.2) is 12.1 Å². The van der Waals surface area contributed by atoms with Crippen molar-refractivity contribution in [3.05, 3.63) is 22.7 Å². The zero-order valence-electron chi connectivity index (χ0n) is 9.59. The molecule has 0 spiro atoms. The molecule has 90 valence electrons. The van der Waals surface area contributed by atoms with Crippen LogP contribution in [-0.2, 0) is 0 Å². The lowest BCUT2D eigenvalue weighted by Gasteiger charge is -2.15. The Balaban J connectivity index is 2.81. The topological polar surface area (TPSA) is 73.3 Å². The van der Waals surface area contributed by atoms with Crippen LogP contribution in [0.1, 0.15) is 5.56 Å². The van der Waals surface area contributed by atoms with Gasteiger partial charge in [0.15, 0.2) is 0 Å². The van der Waals surface area contributed by atoms with Crippen LogP contribution in [0.2, 0.25) is 5.02 Å². The summed E-state index contributed by atoms with van der Waals surface area (Å²) in [5.74, 6) is 0.708. The minimum atomic E-state index is -0.0688. The molecule has 0 aliphatic carbocycles. The number of anilines is 1. The first kappa shape index (κ1) is 13.1. The van der Waals surface area contributed by atoms with Crippen molar-refractivity contribution in [2.75, 3.05) is 25.5 Å². The maximum atomic E-state index is 6.00. The minimum Gasteiger partial charge on any atom is -0.495 e. The fourth-order valence-electron chi connectivity index (χ4n) is 1.29. The van der Waals surface area contributed by atoms with Crippen LogP contribution in [0.25, 0.3) is 0 Å². The van der Waals surface area contributed by atoms with Gasteiger partial charge in [-0.15, -0.1) is 0 Å². The van der Waals surface area contributed by atoms with Gasteiger partial charge in [-0.2, -0.15) is 0 Å². The van der Waals surface area contributed by atoms with Gasteiger partial charge in [-0.3, -0.25) is 0 Å². The van der Waals surface area contributed by atoms with Gasteiger partial charge in [-0.05, 0) is 18.6 Å². The molecular formula is C11H18ClN3O. The largest absolute Gasteiger partial charge is 0.495 e. The second kappa shape index (κ2) is 5.94. The van der Waals surface area contributed by atoms with E-state index in [1.165, 1.54) is 0 Å². The van der Waals surface area contributed by atoms with Crippen LogP contribution in [0.4, 0.5) is 5.69 Å². The number of hydrogen-bond acceptors (Lipinski definition) is 4. The van der Waals surface area contributed by atoms with Gasteiger partial charge in [-0.1, -0.05) is 11.6 Å². The van der Waals surface area contributed by atoms with E-state index in [0.29, 0.717) is 23.9 Å². The van der Waals surface area contributed by atoms with Crippen molar-refractivity contribution in [2.24, 2.45) is 11.5 Å². The van der Waals surface area contributed by atoms with E-state index < -0.39 is 0 Å². The van der Waals surface area contributed by atoms with E-state index in [4.69, 9.17) is 27.8 Å². The van der Waals surface area contributed by atoms with Gasteiger partial charge in [-0.25, -0.2) is 0 Å². The number of nitrogens with one attached hydrogen (secondary N) is 1. The second-order valence-corrected chi connectivity index (χ2v) is 4.09. The van der Waals surface area contributed by atoms with Gasteiger partial charge in [0.1, 0.15) is 5.75 Å². The molecule has 0 fully saturated rings. The molecule has 1 unspecified atom stereocenters. The summed E-state index contributed by atoms with van der Waals surface area (Å²) in [4.78, 5) is 0. The molecule has 1 atom stereocenters. The Morgan fingerprint density at radius 1 is 1.50 bits per heavy atom. The normalized spacial score (nSPS) is 12.3. The van der Waals surface area contributed by atoms with Gasteiger partial charge >= 0.3 is 0 Å². The number of benzene rings is 1. The van der Waals surface area contributed by atoms with Gasteiger partial charge in [0.05, 0.1) is 12.8 Å². The summed E-state index contributed by atoms with van der Waals surface area (Å²) >= 11 is 6.00. The number of methoxy groups -OCH3 is 1. The Bertz CT molecular complexity index is 357. The highest BCUT2D eigenvalue weighted by molar-refractivity contribution is 6.31. The average molecular weight is 244 g/mol. The predicted molar refractivity (Wildman–Crippen MR) is 68.3 cm³/mol. The lowest BCUT2D eigenvalue weighted by atomic mass is 10.2. The Labute approximate surface area is 101 Å². The van der Waals surface area contributed by atoms with Crippen molar-refractivity contribution >= 4 is 17.3 Å². The molecule has 0 radical (unpaired) electrons. The second-order valence-electron chi connectivity index (χ2n) is 3.68. The fourth-order valence-corrected chi connectivity index (χ4v) is 1.45. The molecule has 0 aromatic heterocycles. The first-order chi connectivity index (χ1) is 7.58. The smallest absolute Gasteiger partial charge is 0.143 e. The molecule has 0 aliphatic heterocycles. The SMILES string of the molecule is COc1cc(Cl)c(C)cc1NCC(N)CN. The molecule has 4 nitrogen and oxygen atoms in total. The van der Waals surface area contributed by atoms with Crippen LogP contribution in [0, 0.1) is 6.92 Å². The number of aryl methyl sites for hydroxylation is 1. The van der Waals surface area contributed by atoms with Gasteiger partial charge in [0.25, 0.3) is 0 Å². The molecule has 0 aliphatic rings. The van der Waals surface area contributed by atoms with E-state index in [2.05, 4.69) is 5.32 Å². The van der Waals surface area contributed by atoms with Crippen LogP contribution in [0.5, 0.6) is 5.75 Å². The minimum absolute atomic E-state index is 0.0688. The first-order valence-electron chi connectivity index (χ1n) is 5.12. The van der Waals surface area contributed by atoms with E-state index in [0.717, 1.165) is 11.3 Å². The quantitative estimate of drug-likeness (QED) is 0.730.